The Labute approximate surface area is 152 Å². The molecule has 5 heteroatoms. The van der Waals surface area contributed by atoms with Crippen molar-refractivity contribution in [1.29, 1.82) is 0 Å². The highest BCUT2D eigenvalue weighted by atomic mass is 32.1. The average Bonchev–Trinajstić information content (AvgIpc) is 3.15. The smallest absolute Gasteiger partial charge is 0.228 e. The van der Waals surface area contributed by atoms with Gasteiger partial charge in [-0.3, -0.25) is 9.59 Å². The molecule has 1 aliphatic heterocycles. The van der Waals surface area contributed by atoms with E-state index in [1.54, 1.807) is 11.3 Å². The zero-order valence-electron chi connectivity index (χ0n) is 14.5. The van der Waals surface area contributed by atoms with Crippen LogP contribution < -0.4 is 5.32 Å². The molecule has 2 amide bonds. The standard InChI is InChI=1S/C20H24N2O2S/c1-2-21-20(24)16-10-11-18(15-7-4-3-5-8-15)22(14-16)19(23)13-17-9-6-12-25-17/h3-9,12,16,18H,2,10-11,13-14H2,1H3,(H,21,24). The fourth-order valence-electron chi connectivity index (χ4n) is 3.46. The first-order valence-corrected chi connectivity index (χ1v) is 9.71. The number of hydrogen-bond donors (Lipinski definition) is 1. The number of benzene rings is 1. The summed E-state index contributed by atoms with van der Waals surface area (Å²) >= 11 is 1.60. The van der Waals surface area contributed by atoms with Crippen LogP contribution in [0.2, 0.25) is 0 Å². The maximum Gasteiger partial charge on any atom is 0.228 e. The van der Waals surface area contributed by atoms with Gasteiger partial charge < -0.3 is 10.2 Å². The van der Waals surface area contributed by atoms with Crippen LogP contribution in [0.1, 0.15) is 36.2 Å². The number of piperidine rings is 1. The number of rotatable bonds is 5. The summed E-state index contributed by atoms with van der Waals surface area (Å²) < 4.78 is 0. The number of thiophene rings is 1. The molecule has 2 atom stereocenters. The molecule has 1 fully saturated rings. The highest BCUT2D eigenvalue weighted by Crippen LogP contribution is 2.34. The van der Waals surface area contributed by atoms with Crippen LogP contribution in [0, 0.1) is 5.92 Å². The molecule has 0 aliphatic carbocycles. The van der Waals surface area contributed by atoms with Crippen LogP contribution in [0.5, 0.6) is 0 Å². The lowest BCUT2D eigenvalue weighted by Crippen LogP contribution is -2.47. The van der Waals surface area contributed by atoms with E-state index in [0.29, 0.717) is 19.5 Å². The van der Waals surface area contributed by atoms with Gasteiger partial charge in [-0.05, 0) is 36.8 Å². The molecule has 0 radical (unpaired) electrons. The number of carbonyl (C=O) groups excluding carboxylic acids is 2. The highest BCUT2D eigenvalue weighted by molar-refractivity contribution is 7.10. The predicted molar refractivity (Wildman–Crippen MR) is 100 cm³/mol. The molecule has 1 saturated heterocycles. The second-order valence-corrected chi connectivity index (χ2v) is 7.43. The summed E-state index contributed by atoms with van der Waals surface area (Å²) in [5.41, 5.74) is 1.15. The summed E-state index contributed by atoms with van der Waals surface area (Å²) in [5.74, 6) is 0.0421. The van der Waals surface area contributed by atoms with Crippen LogP contribution in [-0.4, -0.2) is 29.8 Å². The second kappa shape index (κ2) is 8.30. The van der Waals surface area contributed by atoms with Crippen LogP contribution in [0.3, 0.4) is 0 Å². The molecule has 1 aromatic heterocycles. The van der Waals surface area contributed by atoms with Gasteiger partial charge in [-0.15, -0.1) is 11.3 Å². The van der Waals surface area contributed by atoms with E-state index >= 15 is 0 Å². The third-order valence-corrected chi connectivity index (χ3v) is 5.59. The predicted octanol–water partition coefficient (Wildman–Crippen LogP) is 3.41. The van der Waals surface area contributed by atoms with Crippen molar-refractivity contribution in [2.45, 2.75) is 32.2 Å². The Hall–Kier alpha value is -2.14. The molecule has 2 unspecified atom stereocenters. The lowest BCUT2D eigenvalue weighted by atomic mass is 9.88. The van der Waals surface area contributed by atoms with Crippen molar-refractivity contribution in [2.75, 3.05) is 13.1 Å². The van der Waals surface area contributed by atoms with Gasteiger partial charge in [0.25, 0.3) is 0 Å². The van der Waals surface area contributed by atoms with Crippen molar-refractivity contribution in [3.8, 4) is 0 Å². The Morgan fingerprint density at radius 2 is 1.96 bits per heavy atom. The first kappa shape index (κ1) is 17.7. The Kier molecular flexibility index (Phi) is 5.87. The number of amides is 2. The summed E-state index contributed by atoms with van der Waals surface area (Å²) in [5, 5.41) is 4.89. The van der Waals surface area contributed by atoms with E-state index in [0.717, 1.165) is 23.3 Å². The molecular weight excluding hydrogens is 332 g/mol. The van der Waals surface area contributed by atoms with Gasteiger partial charge in [-0.1, -0.05) is 36.4 Å². The van der Waals surface area contributed by atoms with E-state index < -0.39 is 0 Å². The minimum atomic E-state index is -0.118. The number of nitrogens with zero attached hydrogens (tertiary/aromatic N) is 1. The largest absolute Gasteiger partial charge is 0.356 e. The van der Waals surface area contributed by atoms with Crippen molar-refractivity contribution >= 4 is 23.2 Å². The number of hydrogen-bond acceptors (Lipinski definition) is 3. The van der Waals surface area contributed by atoms with E-state index in [9.17, 15) is 9.59 Å². The zero-order valence-corrected chi connectivity index (χ0v) is 15.3. The van der Waals surface area contributed by atoms with Crippen LogP contribution in [0.25, 0.3) is 0 Å². The number of carbonyl (C=O) groups is 2. The Morgan fingerprint density at radius 1 is 1.16 bits per heavy atom. The van der Waals surface area contributed by atoms with Gasteiger partial charge in [0.05, 0.1) is 18.4 Å². The normalized spacial score (nSPS) is 20.3. The highest BCUT2D eigenvalue weighted by Gasteiger charge is 2.35. The molecule has 1 aromatic carbocycles. The van der Waals surface area contributed by atoms with Crippen molar-refractivity contribution in [3.05, 3.63) is 58.3 Å². The lowest BCUT2D eigenvalue weighted by molar-refractivity contribution is -0.138. The number of nitrogens with one attached hydrogen (secondary N) is 1. The zero-order chi connectivity index (χ0) is 17.6. The third kappa shape index (κ3) is 4.28. The van der Waals surface area contributed by atoms with Crippen molar-refractivity contribution < 1.29 is 9.59 Å². The summed E-state index contributed by atoms with van der Waals surface area (Å²) in [4.78, 5) is 28.2. The van der Waals surface area contributed by atoms with Gasteiger partial charge in [0, 0.05) is 18.0 Å². The summed E-state index contributed by atoms with van der Waals surface area (Å²) in [7, 11) is 0. The maximum atomic E-state index is 13.0. The molecule has 0 spiro atoms. The summed E-state index contributed by atoms with van der Waals surface area (Å²) in [6, 6.07) is 14.2. The Morgan fingerprint density at radius 3 is 2.64 bits per heavy atom. The van der Waals surface area contributed by atoms with Crippen LogP contribution in [-0.2, 0) is 16.0 Å². The maximum absolute atomic E-state index is 13.0. The van der Waals surface area contributed by atoms with Gasteiger partial charge in [0.2, 0.25) is 11.8 Å². The molecule has 2 aromatic rings. The molecule has 2 heterocycles. The number of likely N-dealkylation sites (tertiary alicyclic amines) is 1. The fourth-order valence-corrected chi connectivity index (χ4v) is 4.16. The van der Waals surface area contributed by atoms with E-state index in [2.05, 4.69) is 17.4 Å². The van der Waals surface area contributed by atoms with E-state index in [-0.39, 0.29) is 23.8 Å². The fraction of sp³-hybridized carbons (Fsp3) is 0.400. The summed E-state index contributed by atoms with van der Waals surface area (Å²) in [6.07, 6.45) is 2.04. The third-order valence-electron chi connectivity index (χ3n) is 4.71. The van der Waals surface area contributed by atoms with E-state index in [1.165, 1.54) is 0 Å². The monoisotopic (exact) mass is 356 g/mol. The Balaban J connectivity index is 1.80. The molecule has 1 aliphatic rings. The van der Waals surface area contributed by atoms with Crippen molar-refractivity contribution in [3.63, 3.8) is 0 Å². The molecule has 25 heavy (non-hydrogen) atoms. The van der Waals surface area contributed by atoms with Gasteiger partial charge in [-0.2, -0.15) is 0 Å². The van der Waals surface area contributed by atoms with E-state index in [1.807, 2.05) is 47.5 Å². The second-order valence-electron chi connectivity index (χ2n) is 6.40. The van der Waals surface area contributed by atoms with Crippen LogP contribution in [0.4, 0.5) is 0 Å². The van der Waals surface area contributed by atoms with Gasteiger partial charge in [0.1, 0.15) is 0 Å². The first-order valence-electron chi connectivity index (χ1n) is 8.83. The Bertz CT molecular complexity index is 700. The summed E-state index contributed by atoms with van der Waals surface area (Å²) in [6.45, 7) is 3.05. The molecule has 1 N–H and O–H groups in total. The van der Waals surface area contributed by atoms with E-state index in [4.69, 9.17) is 0 Å². The first-order chi connectivity index (χ1) is 12.2. The quantitative estimate of drug-likeness (QED) is 0.892. The molecule has 0 saturated carbocycles. The molecule has 4 nitrogen and oxygen atoms in total. The van der Waals surface area contributed by atoms with Gasteiger partial charge in [0.15, 0.2) is 0 Å². The van der Waals surface area contributed by atoms with Crippen molar-refractivity contribution in [2.24, 2.45) is 5.92 Å². The molecule has 0 bridgehead atoms. The molecular formula is C20H24N2O2S. The lowest BCUT2D eigenvalue weighted by Gasteiger charge is -2.39. The minimum absolute atomic E-state index is 0.0549. The van der Waals surface area contributed by atoms with Crippen molar-refractivity contribution in [1.82, 2.24) is 10.2 Å². The topological polar surface area (TPSA) is 49.4 Å². The van der Waals surface area contributed by atoms with Crippen LogP contribution in [0.15, 0.2) is 47.8 Å². The van der Waals surface area contributed by atoms with Gasteiger partial charge >= 0.3 is 0 Å². The van der Waals surface area contributed by atoms with Gasteiger partial charge in [-0.25, -0.2) is 0 Å². The molecule has 3 rings (SSSR count). The molecule has 132 valence electrons. The SMILES string of the molecule is CCNC(=O)C1CCC(c2ccccc2)N(C(=O)Cc2cccs2)C1. The average molecular weight is 356 g/mol. The van der Waals surface area contributed by atoms with Crippen LogP contribution >= 0.6 is 11.3 Å². The minimum Gasteiger partial charge on any atom is -0.356 e.